The third-order valence-electron chi connectivity index (χ3n) is 4.15. The molecule has 3 aromatic carbocycles. The van der Waals surface area contributed by atoms with E-state index < -0.39 is 34.9 Å². The highest BCUT2D eigenvalue weighted by Crippen LogP contribution is 2.22. The number of carbonyl (C=O) groups excluding carboxylic acids is 2. The quantitative estimate of drug-likeness (QED) is 0.560. The zero-order valence-electron chi connectivity index (χ0n) is 15.8. The second kappa shape index (κ2) is 9.62. The van der Waals surface area contributed by atoms with Gasteiger partial charge in [0.05, 0.1) is 11.3 Å². The van der Waals surface area contributed by atoms with Gasteiger partial charge in [0.2, 0.25) is 0 Å². The number of nitrogens with two attached hydrogens (primary N) is 1. The molecule has 0 fully saturated rings. The third-order valence-corrected chi connectivity index (χ3v) is 4.15. The fourth-order valence-electron chi connectivity index (χ4n) is 2.69. The maximum Gasteiger partial charge on any atom is 0.412 e. The average molecular weight is 411 g/mol. The summed E-state index contributed by atoms with van der Waals surface area (Å²) in [4.78, 5) is 24.4. The largest absolute Gasteiger partial charge is 0.444 e. The second-order valence-electron chi connectivity index (χ2n) is 6.36. The van der Waals surface area contributed by atoms with Crippen LogP contribution in [0.3, 0.4) is 0 Å². The van der Waals surface area contributed by atoms with Crippen molar-refractivity contribution in [2.45, 2.75) is 13.2 Å². The minimum Gasteiger partial charge on any atom is -0.444 e. The Kier molecular flexibility index (Phi) is 6.71. The van der Waals surface area contributed by atoms with Crippen molar-refractivity contribution >= 4 is 23.4 Å². The van der Waals surface area contributed by atoms with Gasteiger partial charge in [0.15, 0.2) is 5.82 Å². The van der Waals surface area contributed by atoms with E-state index in [4.69, 9.17) is 10.5 Å². The van der Waals surface area contributed by atoms with Crippen molar-refractivity contribution in [1.82, 2.24) is 0 Å². The zero-order chi connectivity index (χ0) is 21.5. The molecule has 0 saturated heterocycles. The normalized spacial score (nSPS) is 10.4. The van der Waals surface area contributed by atoms with Crippen molar-refractivity contribution in [3.05, 3.63) is 95.1 Å². The Labute approximate surface area is 171 Å². The maximum atomic E-state index is 14.8. The summed E-state index contributed by atoms with van der Waals surface area (Å²) in [6, 6.07) is 17.0. The lowest BCUT2D eigenvalue weighted by atomic mass is 10.1. The number of hydrogen-bond donors (Lipinski definition) is 3. The highest BCUT2D eigenvalue weighted by Gasteiger charge is 2.19. The molecule has 4 N–H and O–H groups in total. The van der Waals surface area contributed by atoms with Crippen molar-refractivity contribution in [2.75, 3.05) is 10.6 Å². The third kappa shape index (κ3) is 5.39. The maximum absolute atomic E-state index is 14.8. The molecule has 0 bridgehead atoms. The van der Waals surface area contributed by atoms with Gasteiger partial charge in [-0.2, -0.15) is 0 Å². The number of rotatable bonds is 6. The lowest BCUT2D eigenvalue weighted by Crippen LogP contribution is -2.18. The molecule has 0 radical (unpaired) electrons. The Balaban J connectivity index is 1.72. The van der Waals surface area contributed by atoms with Gasteiger partial charge in [0, 0.05) is 18.3 Å². The predicted molar refractivity (Wildman–Crippen MR) is 109 cm³/mol. The molecule has 2 amide bonds. The van der Waals surface area contributed by atoms with E-state index in [1.165, 1.54) is 0 Å². The highest BCUT2D eigenvalue weighted by molar-refractivity contribution is 6.05. The smallest absolute Gasteiger partial charge is 0.412 e. The number of nitrogens with one attached hydrogen (secondary N) is 2. The van der Waals surface area contributed by atoms with Crippen LogP contribution >= 0.6 is 0 Å². The van der Waals surface area contributed by atoms with Crippen molar-refractivity contribution in [3.63, 3.8) is 0 Å². The molecule has 8 heteroatoms. The SMILES string of the molecule is NCc1cccc(NC(=O)c2cc(F)cc(NC(=O)OCc3ccccc3)c2F)c1. The number of carbonyl (C=O) groups is 2. The van der Waals surface area contributed by atoms with Gasteiger partial charge in [0.1, 0.15) is 12.4 Å². The summed E-state index contributed by atoms with van der Waals surface area (Å²) < 4.78 is 33.7. The Hall–Kier alpha value is -3.78. The van der Waals surface area contributed by atoms with Crippen molar-refractivity contribution < 1.29 is 23.1 Å². The molecule has 154 valence electrons. The Morgan fingerprint density at radius 1 is 0.900 bits per heavy atom. The topological polar surface area (TPSA) is 93.5 Å². The van der Waals surface area contributed by atoms with Gasteiger partial charge in [-0.1, -0.05) is 42.5 Å². The van der Waals surface area contributed by atoms with Crippen LogP contribution in [0.1, 0.15) is 21.5 Å². The lowest BCUT2D eigenvalue weighted by molar-refractivity contribution is 0.102. The van der Waals surface area contributed by atoms with Crippen molar-refractivity contribution in [2.24, 2.45) is 5.73 Å². The average Bonchev–Trinajstić information content (AvgIpc) is 2.75. The molecule has 0 spiro atoms. The molecule has 30 heavy (non-hydrogen) atoms. The zero-order valence-corrected chi connectivity index (χ0v) is 15.8. The molecular formula is C22H19F2N3O3. The van der Waals surface area contributed by atoms with E-state index in [0.29, 0.717) is 5.69 Å². The first kappa shape index (κ1) is 20.9. The van der Waals surface area contributed by atoms with E-state index in [0.717, 1.165) is 23.3 Å². The Morgan fingerprint density at radius 3 is 2.37 bits per heavy atom. The summed E-state index contributed by atoms with van der Waals surface area (Å²) in [5, 5.41) is 4.61. The number of anilines is 2. The van der Waals surface area contributed by atoms with E-state index in [1.54, 1.807) is 48.5 Å². The molecule has 0 saturated carbocycles. The fourth-order valence-corrected chi connectivity index (χ4v) is 2.69. The summed E-state index contributed by atoms with van der Waals surface area (Å²) in [6.07, 6.45) is -0.981. The predicted octanol–water partition coefficient (Wildman–Crippen LogP) is 4.42. The van der Waals surface area contributed by atoms with Gasteiger partial charge in [-0.15, -0.1) is 0 Å². The molecule has 0 aliphatic carbocycles. The highest BCUT2D eigenvalue weighted by atomic mass is 19.1. The van der Waals surface area contributed by atoms with Crippen LogP contribution in [-0.2, 0) is 17.9 Å². The molecule has 3 rings (SSSR count). The van der Waals surface area contributed by atoms with Crippen LogP contribution in [-0.4, -0.2) is 12.0 Å². The number of hydrogen-bond acceptors (Lipinski definition) is 4. The number of benzene rings is 3. The molecular weight excluding hydrogens is 392 g/mol. The fraction of sp³-hybridized carbons (Fsp3) is 0.0909. The van der Waals surface area contributed by atoms with Crippen LogP contribution in [0.15, 0.2) is 66.7 Å². The van der Waals surface area contributed by atoms with Crippen LogP contribution in [0.2, 0.25) is 0 Å². The number of amides is 2. The van der Waals surface area contributed by atoms with Crippen LogP contribution in [0.4, 0.5) is 25.0 Å². The van der Waals surface area contributed by atoms with E-state index >= 15 is 0 Å². The van der Waals surface area contributed by atoms with Gasteiger partial charge in [-0.25, -0.2) is 13.6 Å². The van der Waals surface area contributed by atoms with Gasteiger partial charge >= 0.3 is 6.09 Å². The van der Waals surface area contributed by atoms with Gasteiger partial charge in [-0.05, 0) is 29.3 Å². The monoisotopic (exact) mass is 411 g/mol. The minimum absolute atomic E-state index is 0.0472. The molecule has 0 aliphatic rings. The summed E-state index contributed by atoms with van der Waals surface area (Å²) >= 11 is 0. The first-order valence-corrected chi connectivity index (χ1v) is 9.03. The van der Waals surface area contributed by atoms with Gasteiger partial charge in [-0.3, -0.25) is 10.1 Å². The lowest BCUT2D eigenvalue weighted by Gasteiger charge is -2.12. The molecule has 3 aromatic rings. The molecule has 0 heterocycles. The standard InChI is InChI=1S/C22H19F2N3O3/c23-16-10-18(21(28)26-17-8-4-7-15(9-17)12-25)20(24)19(11-16)27-22(29)30-13-14-5-2-1-3-6-14/h1-11H,12-13,25H2,(H,26,28)(H,27,29). The summed E-state index contributed by atoms with van der Waals surface area (Å²) in [5.41, 5.74) is 6.36. The van der Waals surface area contributed by atoms with Gasteiger partial charge in [0.25, 0.3) is 5.91 Å². The summed E-state index contributed by atoms with van der Waals surface area (Å²) in [6.45, 7) is 0.214. The van der Waals surface area contributed by atoms with Crippen molar-refractivity contribution in [1.29, 1.82) is 0 Å². The van der Waals surface area contributed by atoms with Crippen LogP contribution < -0.4 is 16.4 Å². The van der Waals surface area contributed by atoms with E-state index in [9.17, 15) is 18.4 Å². The van der Waals surface area contributed by atoms with Gasteiger partial charge < -0.3 is 15.8 Å². The molecule has 0 aliphatic heterocycles. The molecule has 0 aromatic heterocycles. The van der Waals surface area contributed by atoms with Crippen molar-refractivity contribution in [3.8, 4) is 0 Å². The van der Waals surface area contributed by atoms with E-state index in [2.05, 4.69) is 10.6 Å². The van der Waals surface area contributed by atoms with Crippen LogP contribution in [0, 0.1) is 11.6 Å². The number of halogens is 2. The van der Waals surface area contributed by atoms with E-state index in [-0.39, 0.29) is 13.2 Å². The molecule has 0 atom stereocenters. The summed E-state index contributed by atoms with van der Waals surface area (Å²) in [5.74, 6) is -2.85. The summed E-state index contributed by atoms with van der Waals surface area (Å²) in [7, 11) is 0. The molecule has 0 unspecified atom stereocenters. The van der Waals surface area contributed by atoms with Crippen LogP contribution in [0.25, 0.3) is 0 Å². The number of ether oxygens (including phenoxy) is 1. The first-order chi connectivity index (χ1) is 14.5. The molecule has 6 nitrogen and oxygen atoms in total. The van der Waals surface area contributed by atoms with E-state index in [1.807, 2.05) is 6.07 Å². The Bertz CT molecular complexity index is 1060. The first-order valence-electron chi connectivity index (χ1n) is 9.03. The van der Waals surface area contributed by atoms with Crippen LogP contribution in [0.5, 0.6) is 0 Å². The second-order valence-corrected chi connectivity index (χ2v) is 6.36. The Morgan fingerprint density at radius 2 is 1.63 bits per heavy atom. The minimum atomic E-state index is -1.08.